The third-order valence-corrected chi connectivity index (χ3v) is 4.19. The summed E-state index contributed by atoms with van der Waals surface area (Å²) in [5.74, 6) is 0. The quantitative estimate of drug-likeness (QED) is 0.455. The van der Waals surface area contributed by atoms with Crippen LogP contribution in [0.25, 0.3) is 27.1 Å². The molecule has 0 amide bonds. The molecule has 0 saturated heterocycles. The van der Waals surface area contributed by atoms with Crippen LogP contribution in [-0.2, 0) is 5.41 Å². The van der Waals surface area contributed by atoms with Gasteiger partial charge in [-0.25, -0.2) is 0 Å². The Morgan fingerprint density at radius 1 is 0.810 bits per heavy atom. The molecule has 0 N–H and O–H groups in total. The number of hydrogen-bond acceptors (Lipinski definition) is 0. The lowest BCUT2D eigenvalue weighted by Gasteiger charge is -2.19. The average Bonchev–Trinajstić information content (AvgIpc) is 2.44. The summed E-state index contributed by atoms with van der Waals surface area (Å²) in [6.07, 6.45) is 0. The van der Waals surface area contributed by atoms with E-state index in [2.05, 4.69) is 82.8 Å². The molecule has 0 nitrogen and oxygen atoms in total. The molecule has 3 aromatic carbocycles. The zero-order valence-electron chi connectivity index (χ0n) is 13.3. The maximum atomic E-state index is 4.03. The molecule has 0 atom stereocenters. The van der Waals surface area contributed by atoms with Gasteiger partial charge in [0.05, 0.1) is 0 Å². The van der Waals surface area contributed by atoms with Crippen molar-refractivity contribution in [3.63, 3.8) is 0 Å². The summed E-state index contributed by atoms with van der Waals surface area (Å²) in [6, 6.07) is 17.9. The van der Waals surface area contributed by atoms with Crippen molar-refractivity contribution in [2.75, 3.05) is 0 Å². The highest BCUT2D eigenvalue weighted by atomic mass is 14.2. The van der Waals surface area contributed by atoms with E-state index in [0.717, 1.165) is 5.57 Å². The fraction of sp³-hybridized carbons (Fsp3) is 0.238. The highest BCUT2D eigenvalue weighted by Crippen LogP contribution is 2.31. The molecular formula is C21H22. The molecule has 106 valence electrons. The fourth-order valence-corrected chi connectivity index (χ4v) is 2.80. The first-order chi connectivity index (χ1) is 9.86. The molecule has 0 radical (unpaired) electrons. The van der Waals surface area contributed by atoms with Gasteiger partial charge in [-0.2, -0.15) is 0 Å². The van der Waals surface area contributed by atoms with Gasteiger partial charge >= 0.3 is 0 Å². The molecule has 0 saturated carbocycles. The van der Waals surface area contributed by atoms with Gasteiger partial charge in [0.2, 0.25) is 0 Å². The normalized spacial score (nSPS) is 12.0. The SMILES string of the molecule is C=C(C)c1ccc2c(ccc3cc(C(C)(C)C)ccc32)c1. The van der Waals surface area contributed by atoms with Gasteiger partial charge in [-0.1, -0.05) is 75.4 Å². The van der Waals surface area contributed by atoms with Gasteiger partial charge in [-0.05, 0) is 51.1 Å². The van der Waals surface area contributed by atoms with E-state index >= 15 is 0 Å². The van der Waals surface area contributed by atoms with Crippen LogP contribution in [0.15, 0.2) is 55.1 Å². The third kappa shape index (κ3) is 2.47. The topological polar surface area (TPSA) is 0 Å². The summed E-state index contributed by atoms with van der Waals surface area (Å²) < 4.78 is 0. The zero-order valence-corrected chi connectivity index (χ0v) is 13.3. The molecule has 0 aliphatic heterocycles. The van der Waals surface area contributed by atoms with Crippen molar-refractivity contribution in [3.8, 4) is 0 Å². The van der Waals surface area contributed by atoms with Gasteiger partial charge in [-0.15, -0.1) is 0 Å². The first-order valence-electron chi connectivity index (χ1n) is 7.49. The van der Waals surface area contributed by atoms with Crippen molar-refractivity contribution in [3.05, 3.63) is 66.2 Å². The molecule has 3 aromatic rings. The number of benzene rings is 3. The zero-order chi connectivity index (χ0) is 15.2. The monoisotopic (exact) mass is 274 g/mol. The Balaban J connectivity index is 2.27. The third-order valence-electron chi connectivity index (χ3n) is 4.19. The fourth-order valence-electron chi connectivity index (χ4n) is 2.80. The Bertz CT molecular complexity index is 845. The highest BCUT2D eigenvalue weighted by Gasteiger charge is 2.14. The minimum absolute atomic E-state index is 0.187. The minimum Gasteiger partial charge on any atom is -0.0955 e. The molecule has 0 aromatic heterocycles. The van der Waals surface area contributed by atoms with Crippen LogP contribution in [0.5, 0.6) is 0 Å². The van der Waals surface area contributed by atoms with Gasteiger partial charge < -0.3 is 0 Å². The first-order valence-corrected chi connectivity index (χ1v) is 7.49. The van der Waals surface area contributed by atoms with E-state index in [1.807, 2.05) is 0 Å². The Morgan fingerprint density at radius 3 is 1.95 bits per heavy atom. The van der Waals surface area contributed by atoms with Crippen molar-refractivity contribution in [1.29, 1.82) is 0 Å². The van der Waals surface area contributed by atoms with E-state index < -0.39 is 0 Å². The predicted octanol–water partition coefficient (Wildman–Crippen LogP) is 6.32. The molecule has 0 unspecified atom stereocenters. The first kappa shape index (κ1) is 13.9. The molecule has 0 fully saturated rings. The van der Waals surface area contributed by atoms with E-state index in [1.54, 1.807) is 0 Å². The average molecular weight is 274 g/mol. The number of allylic oxidation sites excluding steroid dienone is 1. The molecule has 0 heterocycles. The lowest BCUT2D eigenvalue weighted by atomic mass is 9.85. The molecule has 0 bridgehead atoms. The van der Waals surface area contributed by atoms with E-state index in [1.165, 1.54) is 32.7 Å². The summed E-state index contributed by atoms with van der Waals surface area (Å²) in [7, 11) is 0. The maximum absolute atomic E-state index is 4.03. The summed E-state index contributed by atoms with van der Waals surface area (Å²) in [4.78, 5) is 0. The van der Waals surface area contributed by atoms with E-state index in [-0.39, 0.29) is 5.41 Å². The van der Waals surface area contributed by atoms with Gasteiger partial charge in [0, 0.05) is 0 Å². The van der Waals surface area contributed by atoms with Gasteiger partial charge in [0.1, 0.15) is 0 Å². The Morgan fingerprint density at radius 2 is 1.38 bits per heavy atom. The summed E-state index contributed by atoms with van der Waals surface area (Å²) in [6.45, 7) is 12.9. The summed E-state index contributed by atoms with van der Waals surface area (Å²) in [5.41, 5.74) is 3.90. The van der Waals surface area contributed by atoms with Crippen molar-refractivity contribution in [2.24, 2.45) is 0 Å². The van der Waals surface area contributed by atoms with Gasteiger partial charge in [0.25, 0.3) is 0 Å². The predicted molar refractivity (Wildman–Crippen MR) is 94.9 cm³/mol. The van der Waals surface area contributed by atoms with Crippen LogP contribution in [0, 0.1) is 0 Å². The molecule has 0 spiro atoms. The lowest BCUT2D eigenvalue weighted by Crippen LogP contribution is -2.10. The van der Waals surface area contributed by atoms with Crippen molar-refractivity contribution in [2.45, 2.75) is 33.1 Å². The van der Waals surface area contributed by atoms with Crippen molar-refractivity contribution in [1.82, 2.24) is 0 Å². The molecule has 0 aliphatic carbocycles. The largest absolute Gasteiger partial charge is 0.0955 e. The number of hydrogen-bond donors (Lipinski definition) is 0. The second-order valence-corrected chi connectivity index (χ2v) is 6.97. The van der Waals surface area contributed by atoms with Crippen molar-refractivity contribution < 1.29 is 0 Å². The maximum Gasteiger partial charge on any atom is -0.0105 e. The second-order valence-electron chi connectivity index (χ2n) is 6.97. The van der Waals surface area contributed by atoms with Crippen LogP contribution in [0.4, 0.5) is 0 Å². The lowest BCUT2D eigenvalue weighted by molar-refractivity contribution is 0.591. The van der Waals surface area contributed by atoms with E-state index in [9.17, 15) is 0 Å². The molecule has 3 rings (SSSR count). The van der Waals surface area contributed by atoms with Gasteiger partial charge in [-0.3, -0.25) is 0 Å². The molecular weight excluding hydrogens is 252 g/mol. The van der Waals surface area contributed by atoms with Crippen LogP contribution in [0.2, 0.25) is 0 Å². The Labute approximate surface area is 127 Å². The van der Waals surface area contributed by atoms with Crippen LogP contribution in [0.3, 0.4) is 0 Å². The molecule has 0 heteroatoms. The molecule has 0 aliphatic rings. The summed E-state index contributed by atoms with van der Waals surface area (Å²) >= 11 is 0. The van der Waals surface area contributed by atoms with Gasteiger partial charge in [0.15, 0.2) is 0 Å². The summed E-state index contributed by atoms with van der Waals surface area (Å²) in [5, 5.41) is 5.25. The smallest absolute Gasteiger partial charge is 0.0105 e. The van der Waals surface area contributed by atoms with E-state index in [0.29, 0.717) is 0 Å². The highest BCUT2D eigenvalue weighted by molar-refractivity contribution is 6.08. The number of rotatable bonds is 1. The van der Waals surface area contributed by atoms with Crippen LogP contribution in [-0.4, -0.2) is 0 Å². The number of fused-ring (bicyclic) bond motifs is 3. The Kier molecular flexibility index (Phi) is 3.13. The standard InChI is InChI=1S/C21H22/c1-14(2)15-8-10-19-16(12-15)6-7-17-13-18(21(3,4)5)9-11-20(17)19/h6-13H,1H2,2-5H3. The van der Waals surface area contributed by atoms with Crippen LogP contribution in [0.1, 0.15) is 38.8 Å². The Hall–Kier alpha value is -2.08. The van der Waals surface area contributed by atoms with Crippen LogP contribution < -0.4 is 0 Å². The second kappa shape index (κ2) is 4.73. The van der Waals surface area contributed by atoms with Crippen molar-refractivity contribution >= 4 is 27.1 Å². The van der Waals surface area contributed by atoms with E-state index in [4.69, 9.17) is 0 Å². The van der Waals surface area contributed by atoms with Crippen LogP contribution >= 0.6 is 0 Å². The molecule has 21 heavy (non-hydrogen) atoms. The minimum atomic E-state index is 0.187.